The molecule has 0 radical (unpaired) electrons. The summed E-state index contributed by atoms with van der Waals surface area (Å²) in [6.45, 7) is 3.81. The highest BCUT2D eigenvalue weighted by Crippen LogP contribution is 2.21. The molecule has 0 unspecified atom stereocenters. The zero-order valence-corrected chi connectivity index (χ0v) is 11.6. The molecule has 6 nitrogen and oxygen atoms in total. The van der Waals surface area contributed by atoms with Gasteiger partial charge in [-0.05, 0) is 34.0 Å². The first-order valence-corrected chi connectivity index (χ1v) is 6.22. The van der Waals surface area contributed by atoms with Gasteiger partial charge in [-0.15, -0.1) is 0 Å². The number of nitrogens with one attached hydrogen (secondary N) is 1. The summed E-state index contributed by atoms with van der Waals surface area (Å²) in [6.07, 6.45) is 2.52. The van der Waals surface area contributed by atoms with Gasteiger partial charge in [0.2, 0.25) is 0 Å². The Morgan fingerprint density at radius 1 is 1.44 bits per heavy atom. The van der Waals surface area contributed by atoms with Crippen LogP contribution in [0.2, 0.25) is 5.15 Å². The van der Waals surface area contributed by atoms with Crippen LogP contribution >= 0.6 is 11.6 Å². The number of halogens is 1. The van der Waals surface area contributed by atoms with Gasteiger partial charge in [0.1, 0.15) is 17.3 Å². The first-order chi connectivity index (χ1) is 8.59. The highest BCUT2D eigenvalue weighted by atomic mass is 35.5. The van der Waals surface area contributed by atoms with Crippen molar-refractivity contribution >= 4 is 23.2 Å². The summed E-state index contributed by atoms with van der Waals surface area (Å²) < 4.78 is 1.68. The van der Waals surface area contributed by atoms with Crippen LogP contribution in [0.3, 0.4) is 0 Å². The van der Waals surface area contributed by atoms with Crippen LogP contribution < -0.4 is 5.32 Å². The van der Waals surface area contributed by atoms with Gasteiger partial charge in [-0.3, -0.25) is 0 Å². The summed E-state index contributed by atoms with van der Waals surface area (Å²) >= 11 is 6.07. The van der Waals surface area contributed by atoms with Crippen molar-refractivity contribution in [3.05, 3.63) is 17.0 Å². The highest BCUT2D eigenvalue weighted by molar-refractivity contribution is 6.30. The molecule has 7 heteroatoms. The number of nitrogens with zero attached hydrogens (tertiary/aromatic N) is 5. The first-order valence-electron chi connectivity index (χ1n) is 5.84. The second-order valence-electron chi connectivity index (χ2n) is 4.43. The number of hydrogen-bond donors (Lipinski definition) is 1. The number of fused-ring (bicyclic) bond motifs is 1. The van der Waals surface area contributed by atoms with Crippen molar-refractivity contribution < 1.29 is 0 Å². The van der Waals surface area contributed by atoms with Gasteiger partial charge in [-0.2, -0.15) is 19.6 Å². The average molecular weight is 269 g/mol. The number of rotatable bonds is 5. The van der Waals surface area contributed by atoms with Gasteiger partial charge in [0, 0.05) is 12.1 Å². The van der Waals surface area contributed by atoms with E-state index in [0.717, 1.165) is 30.9 Å². The standard InChI is InChI=1S/C11H17ClN6/c1-8-9(12)16-11-14-7-15-18(11)10(8)13-5-4-6-17(2)3/h7,13H,4-6H2,1-3H3. The molecule has 0 saturated heterocycles. The van der Waals surface area contributed by atoms with E-state index in [1.165, 1.54) is 6.33 Å². The minimum atomic E-state index is 0.464. The predicted octanol–water partition coefficient (Wildman–Crippen LogP) is 1.45. The van der Waals surface area contributed by atoms with Gasteiger partial charge in [-0.1, -0.05) is 11.6 Å². The fourth-order valence-corrected chi connectivity index (χ4v) is 1.87. The lowest BCUT2D eigenvalue weighted by atomic mass is 10.3. The SMILES string of the molecule is Cc1c(Cl)nc2ncnn2c1NCCCN(C)C. The molecule has 0 bridgehead atoms. The Morgan fingerprint density at radius 3 is 2.94 bits per heavy atom. The molecule has 2 aromatic rings. The lowest BCUT2D eigenvalue weighted by Crippen LogP contribution is -2.17. The van der Waals surface area contributed by atoms with Crippen LogP contribution in [0.25, 0.3) is 5.78 Å². The van der Waals surface area contributed by atoms with Crippen molar-refractivity contribution in [3.63, 3.8) is 0 Å². The zero-order valence-electron chi connectivity index (χ0n) is 10.8. The number of hydrogen-bond acceptors (Lipinski definition) is 5. The smallest absolute Gasteiger partial charge is 0.255 e. The fraction of sp³-hybridized carbons (Fsp3) is 0.545. The lowest BCUT2D eigenvalue weighted by Gasteiger charge is -2.13. The molecule has 0 spiro atoms. The summed E-state index contributed by atoms with van der Waals surface area (Å²) in [5, 5.41) is 7.96. The van der Waals surface area contributed by atoms with Crippen LogP contribution in [0.1, 0.15) is 12.0 Å². The summed E-state index contributed by atoms with van der Waals surface area (Å²) in [5.41, 5.74) is 0.888. The maximum absolute atomic E-state index is 6.07. The Balaban J connectivity index is 2.16. The summed E-state index contributed by atoms with van der Waals surface area (Å²) in [5.74, 6) is 1.38. The molecule has 1 N–H and O–H groups in total. The topological polar surface area (TPSA) is 58.4 Å². The van der Waals surface area contributed by atoms with Crippen molar-refractivity contribution in [1.29, 1.82) is 0 Å². The average Bonchev–Trinajstić information content (AvgIpc) is 2.76. The molecule has 98 valence electrons. The molecule has 0 aliphatic carbocycles. The van der Waals surface area contributed by atoms with Crippen molar-refractivity contribution in [2.45, 2.75) is 13.3 Å². The Kier molecular flexibility index (Phi) is 3.98. The van der Waals surface area contributed by atoms with Crippen LogP contribution in [-0.2, 0) is 0 Å². The second-order valence-corrected chi connectivity index (χ2v) is 4.79. The van der Waals surface area contributed by atoms with Gasteiger partial charge in [0.15, 0.2) is 0 Å². The molecular formula is C11H17ClN6. The maximum Gasteiger partial charge on any atom is 0.255 e. The molecule has 0 amide bonds. The molecule has 18 heavy (non-hydrogen) atoms. The Bertz CT molecular complexity index is 536. The minimum Gasteiger partial charge on any atom is -0.370 e. The van der Waals surface area contributed by atoms with E-state index >= 15 is 0 Å². The van der Waals surface area contributed by atoms with E-state index in [-0.39, 0.29) is 0 Å². The van der Waals surface area contributed by atoms with Crippen LogP contribution in [0, 0.1) is 6.92 Å². The largest absolute Gasteiger partial charge is 0.370 e. The Labute approximate surface area is 111 Å². The highest BCUT2D eigenvalue weighted by Gasteiger charge is 2.11. The molecule has 2 heterocycles. The van der Waals surface area contributed by atoms with Crippen molar-refractivity contribution in [2.75, 3.05) is 32.5 Å². The van der Waals surface area contributed by atoms with E-state index in [1.54, 1.807) is 4.52 Å². The van der Waals surface area contributed by atoms with Gasteiger partial charge in [0.25, 0.3) is 5.78 Å². The van der Waals surface area contributed by atoms with Gasteiger partial charge >= 0.3 is 0 Å². The van der Waals surface area contributed by atoms with E-state index in [0.29, 0.717) is 10.9 Å². The van der Waals surface area contributed by atoms with E-state index in [4.69, 9.17) is 11.6 Å². The van der Waals surface area contributed by atoms with Crippen LogP contribution in [0.4, 0.5) is 5.82 Å². The Morgan fingerprint density at radius 2 is 2.22 bits per heavy atom. The molecule has 2 aromatic heterocycles. The quantitative estimate of drug-likeness (QED) is 0.657. The molecule has 0 saturated carbocycles. The van der Waals surface area contributed by atoms with E-state index < -0.39 is 0 Å². The second kappa shape index (κ2) is 5.49. The number of aromatic nitrogens is 4. The number of anilines is 1. The van der Waals surface area contributed by atoms with Gasteiger partial charge in [0.05, 0.1) is 0 Å². The summed E-state index contributed by atoms with van der Waals surface area (Å²) in [7, 11) is 4.12. The van der Waals surface area contributed by atoms with Crippen LogP contribution in [0.5, 0.6) is 0 Å². The molecule has 0 atom stereocenters. The lowest BCUT2D eigenvalue weighted by molar-refractivity contribution is 0.405. The Hall–Kier alpha value is -1.40. The first kappa shape index (κ1) is 13.0. The third-order valence-corrected chi connectivity index (χ3v) is 3.05. The molecule has 0 aliphatic rings. The van der Waals surface area contributed by atoms with Gasteiger partial charge in [-0.25, -0.2) is 0 Å². The van der Waals surface area contributed by atoms with E-state index in [1.807, 2.05) is 6.92 Å². The third-order valence-electron chi connectivity index (χ3n) is 2.68. The zero-order chi connectivity index (χ0) is 13.1. The molecule has 2 rings (SSSR count). The van der Waals surface area contributed by atoms with Crippen molar-refractivity contribution in [2.24, 2.45) is 0 Å². The fourth-order valence-electron chi connectivity index (χ4n) is 1.71. The van der Waals surface area contributed by atoms with Crippen molar-refractivity contribution in [3.8, 4) is 0 Å². The molecular weight excluding hydrogens is 252 g/mol. The minimum absolute atomic E-state index is 0.464. The monoisotopic (exact) mass is 268 g/mol. The van der Waals surface area contributed by atoms with E-state index in [9.17, 15) is 0 Å². The van der Waals surface area contributed by atoms with E-state index in [2.05, 4.69) is 39.4 Å². The van der Waals surface area contributed by atoms with Crippen LogP contribution in [0.15, 0.2) is 6.33 Å². The summed E-state index contributed by atoms with van der Waals surface area (Å²) in [6, 6.07) is 0. The normalized spacial score (nSPS) is 11.4. The summed E-state index contributed by atoms with van der Waals surface area (Å²) in [4.78, 5) is 10.4. The molecule has 0 aromatic carbocycles. The molecule has 0 aliphatic heterocycles. The van der Waals surface area contributed by atoms with Crippen LogP contribution in [-0.4, -0.2) is 51.7 Å². The van der Waals surface area contributed by atoms with Gasteiger partial charge < -0.3 is 10.2 Å². The maximum atomic E-state index is 6.07. The predicted molar refractivity (Wildman–Crippen MR) is 72.2 cm³/mol. The molecule has 0 fully saturated rings. The third kappa shape index (κ3) is 2.70. The van der Waals surface area contributed by atoms with Crippen molar-refractivity contribution in [1.82, 2.24) is 24.5 Å².